The number of nitrogens with zero attached hydrogens (tertiary/aromatic N) is 1. The summed E-state index contributed by atoms with van der Waals surface area (Å²) in [6.45, 7) is 1.24. The van der Waals surface area contributed by atoms with Gasteiger partial charge in [0.05, 0.1) is 4.99 Å². The van der Waals surface area contributed by atoms with Gasteiger partial charge in [-0.1, -0.05) is 12.2 Å². The highest BCUT2D eigenvalue weighted by Gasteiger charge is 2.51. The molecule has 0 aliphatic carbocycles. The average molecular weight is 257 g/mol. The maximum Gasteiger partial charge on any atom is 0.325 e. The highest BCUT2D eigenvalue weighted by molar-refractivity contribution is 7.80. The van der Waals surface area contributed by atoms with Crippen LogP contribution in [0.1, 0.15) is 19.3 Å². The Kier molecular flexibility index (Phi) is 3.30. The first-order valence-corrected chi connectivity index (χ1v) is 5.96. The standard InChI is InChI=1S/C10H15N3O3S/c11-7(17)1-4-13-8(14)10(12-9(13)15)2-5-16-6-3-10/h1-6H2,(H2,11,17)(H,12,15). The number of nitrogens with one attached hydrogen (secondary N) is 1. The third-order valence-electron chi connectivity index (χ3n) is 3.17. The van der Waals surface area contributed by atoms with E-state index in [1.54, 1.807) is 0 Å². The maximum absolute atomic E-state index is 12.2. The number of urea groups is 1. The molecule has 2 aliphatic heterocycles. The molecule has 0 atom stereocenters. The van der Waals surface area contributed by atoms with Gasteiger partial charge in [-0.3, -0.25) is 9.69 Å². The predicted octanol–water partition coefficient (Wildman–Crippen LogP) is -0.236. The molecule has 0 aromatic heterocycles. The molecule has 7 heteroatoms. The first kappa shape index (κ1) is 12.3. The topological polar surface area (TPSA) is 84.7 Å². The number of imide groups is 1. The molecule has 0 saturated carbocycles. The first-order valence-electron chi connectivity index (χ1n) is 5.55. The zero-order chi connectivity index (χ0) is 12.5. The van der Waals surface area contributed by atoms with Crippen LogP contribution in [0.3, 0.4) is 0 Å². The van der Waals surface area contributed by atoms with Gasteiger partial charge in [0.2, 0.25) is 0 Å². The van der Waals surface area contributed by atoms with Crippen LogP contribution in [0.5, 0.6) is 0 Å². The van der Waals surface area contributed by atoms with Gasteiger partial charge in [-0.25, -0.2) is 4.79 Å². The van der Waals surface area contributed by atoms with Crippen molar-refractivity contribution in [1.29, 1.82) is 0 Å². The molecule has 2 aliphatic rings. The van der Waals surface area contributed by atoms with Gasteiger partial charge >= 0.3 is 6.03 Å². The number of hydrogen-bond donors (Lipinski definition) is 2. The summed E-state index contributed by atoms with van der Waals surface area (Å²) in [6, 6.07) is -0.354. The van der Waals surface area contributed by atoms with E-state index in [4.69, 9.17) is 22.7 Å². The number of rotatable bonds is 3. The number of ether oxygens (including phenoxy) is 1. The molecule has 1 spiro atoms. The highest BCUT2D eigenvalue weighted by atomic mass is 32.1. The first-order chi connectivity index (χ1) is 8.05. The van der Waals surface area contributed by atoms with Crippen molar-refractivity contribution in [2.75, 3.05) is 19.8 Å². The molecule has 94 valence electrons. The van der Waals surface area contributed by atoms with E-state index in [1.807, 2.05) is 0 Å². The summed E-state index contributed by atoms with van der Waals surface area (Å²) >= 11 is 4.74. The molecule has 3 amide bonds. The molecule has 0 aromatic carbocycles. The molecule has 2 saturated heterocycles. The van der Waals surface area contributed by atoms with Crippen molar-refractivity contribution in [2.45, 2.75) is 24.8 Å². The molecule has 2 rings (SSSR count). The van der Waals surface area contributed by atoms with Crippen LogP contribution in [0, 0.1) is 0 Å². The summed E-state index contributed by atoms with van der Waals surface area (Å²) in [6.07, 6.45) is 1.42. The quantitative estimate of drug-likeness (QED) is 0.538. The summed E-state index contributed by atoms with van der Waals surface area (Å²) in [5, 5.41) is 2.77. The minimum Gasteiger partial charge on any atom is -0.393 e. The molecule has 3 N–H and O–H groups in total. The van der Waals surface area contributed by atoms with Crippen LogP contribution in [-0.2, 0) is 9.53 Å². The largest absolute Gasteiger partial charge is 0.393 e. The molecular weight excluding hydrogens is 242 g/mol. The molecule has 2 fully saturated rings. The van der Waals surface area contributed by atoms with Gasteiger partial charge in [-0.15, -0.1) is 0 Å². The van der Waals surface area contributed by atoms with E-state index in [-0.39, 0.29) is 18.5 Å². The zero-order valence-corrected chi connectivity index (χ0v) is 10.2. The summed E-state index contributed by atoms with van der Waals surface area (Å²) in [5.41, 5.74) is 4.61. The van der Waals surface area contributed by atoms with E-state index in [9.17, 15) is 9.59 Å². The Morgan fingerprint density at radius 1 is 1.47 bits per heavy atom. The van der Waals surface area contributed by atoms with Gasteiger partial charge in [-0.05, 0) is 0 Å². The van der Waals surface area contributed by atoms with Crippen molar-refractivity contribution in [1.82, 2.24) is 10.2 Å². The predicted molar refractivity (Wildman–Crippen MR) is 64.4 cm³/mol. The Bertz CT molecular complexity index is 366. The lowest BCUT2D eigenvalue weighted by atomic mass is 9.90. The molecule has 6 nitrogen and oxygen atoms in total. The van der Waals surface area contributed by atoms with E-state index >= 15 is 0 Å². The Morgan fingerprint density at radius 3 is 2.71 bits per heavy atom. The van der Waals surface area contributed by atoms with Crippen LogP contribution < -0.4 is 11.1 Å². The number of amides is 3. The van der Waals surface area contributed by atoms with Crippen molar-refractivity contribution in [3.8, 4) is 0 Å². The average Bonchev–Trinajstić information content (AvgIpc) is 2.50. The van der Waals surface area contributed by atoms with Gasteiger partial charge in [0.15, 0.2) is 0 Å². The number of hydrogen-bond acceptors (Lipinski definition) is 4. The molecule has 0 unspecified atom stereocenters. The Hall–Kier alpha value is -1.21. The zero-order valence-electron chi connectivity index (χ0n) is 9.40. The Balaban J connectivity index is 2.07. The number of thiocarbonyl (C=S) groups is 1. The lowest BCUT2D eigenvalue weighted by molar-refractivity contribution is -0.134. The van der Waals surface area contributed by atoms with E-state index in [1.165, 1.54) is 4.90 Å². The van der Waals surface area contributed by atoms with Gasteiger partial charge in [0, 0.05) is 39.0 Å². The molecule has 0 aromatic rings. The fourth-order valence-corrected chi connectivity index (χ4v) is 2.25. The van der Waals surface area contributed by atoms with E-state index < -0.39 is 5.54 Å². The fraction of sp³-hybridized carbons (Fsp3) is 0.700. The van der Waals surface area contributed by atoms with Gasteiger partial charge in [-0.2, -0.15) is 0 Å². The lowest BCUT2D eigenvalue weighted by Gasteiger charge is -2.30. The minimum absolute atomic E-state index is 0.179. The van der Waals surface area contributed by atoms with Crippen molar-refractivity contribution >= 4 is 29.1 Å². The fourth-order valence-electron chi connectivity index (χ4n) is 2.16. The van der Waals surface area contributed by atoms with Crippen LogP contribution in [0.2, 0.25) is 0 Å². The van der Waals surface area contributed by atoms with Crippen LogP contribution in [0.15, 0.2) is 0 Å². The summed E-state index contributed by atoms with van der Waals surface area (Å²) in [4.78, 5) is 25.5. The second-order valence-corrected chi connectivity index (χ2v) is 4.82. The van der Waals surface area contributed by atoms with E-state index in [0.29, 0.717) is 37.5 Å². The maximum atomic E-state index is 12.2. The second-order valence-electron chi connectivity index (χ2n) is 4.30. The smallest absolute Gasteiger partial charge is 0.325 e. The van der Waals surface area contributed by atoms with Crippen LogP contribution in [0.4, 0.5) is 4.79 Å². The SMILES string of the molecule is NC(=S)CCN1C(=O)NC2(CCOCC2)C1=O. The van der Waals surface area contributed by atoms with Crippen molar-refractivity contribution in [2.24, 2.45) is 5.73 Å². The number of carbonyl (C=O) groups excluding carboxylic acids is 2. The molecule has 17 heavy (non-hydrogen) atoms. The number of carbonyl (C=O) groups is 2. The third kappa shape index (κ3) is 2.25. The molecule has 0 bridgehead atoms. The third-order valence-corrected chi connectivity index (χ3v) is 3.38. The number of nitrogens with two attached hydrogens (primary N) is 1. The van der Waals surface area contributed by atoms with Crippen molar-refractivity contribution in [3.05, 3.63) is 0 Å². The highest BCUT2D eigenvalue weighted by Crippen LogP contribution is 2.28. The van der Waals surface area contributed by atoms with Gasteiger partial charge < -0.3 is 15.8 Å². The van der Waals surface area contributed by atoms with E-state index in [0.717, 1.165) is 0 Å². The summed E-state index contributed by atoms with van der Waals surface area (Å²) in [7, 11) is 0. The molecule has 2 heterocycles. The van der Waals surface area contributed by atoms with Gasteiger partial charge in [0.1, 0.15) is 5.54 Å². The molecule has 0 radical (unpaired) electrons. The minimum atomic E-state index is -0.758. The Labute approximate surface area is 104 Å². The van der Waals surface area contributed by atoms with E-state index in [2.05, 4.69) is 5.32 Å². The normalized spacial score (nSPS) is 22.9. The summed E-state index contributed by atoms with van der Waals surface area (Å²) < 4.78 is 5.21. The lowest BCUT2D eigenvalue weighted by Crippen LogP contribution is -2.51. The van der Waals surface area contributed by atoms with Crippen molar-refractivity contribution < 1.29 is 14.3 Å². The van der Waals surface area contributed by atoms with Crippen LogP contribution >= 0.6 is 12.2 Å². The monoisotopic (exact) mass is 257 g/mol. The van der Waals surface area contributed by atoms with Crippen LogP contribution in [-0.4, -0.2) is 47.1 Å². The van der Waals surface area contributed by atoms with Gasteiger partial charge in [0.25, 0.3) is 5.91 Å². The van der Waals surface area contributed by atoms with Crippen LogP contribution in [0.25, 0.3) is 0 Å². The second kappa shape index (κ2) is 4.58. The summed E-state index contributed by atoms with van der Waals surface area (Å²) in [5.74, 6) is -0.179. The Morgan fingerprint density at radius 2 is 2.12 bits per heavy atom. The van der Waals surface area contributed by atoms with Crippen molar-refractivity contribution in [3.63, 3.8) is 0 Å². The molecular formula is C10H15N3O3S.